The fourth-order valence-corrected chi connectivity index (χ4v) is 1.74. The van der Waals surface area contributed by atoms with Crippen LogP contribution in [-0.2, 0) is 4.79 Å². The van der Waals surface area contributed by atoms with Gasteiger partial charge in [0.2, 0.25) is 5.91 Å². The Kier molecular flexibility index (Phi) is 5.98. The number of carbonyl (C=O) groups excluding carboxylic acids is 2. The average Bonchev–Trinajstić information content (AvgIpc) is 2.43. The van der Waals surface area contributed by atoms with E-state index < -0.39 is 12.0 Å². The van der Waals surface area contributed by atoms with Gasteiger partial charge in [0, 0.05) is 37.8 Å². The van der Waals surface area contributed by atoms with Crippen molar-refractivity contribution in [3.05, 3.63) is 28.8 Å². The van der Waals surface area contributed by atoms with Crippen LogP contribution >= 0.6 is 11.6 Å². The molecule has 0 aliphatic rings. The maximum atomic E-state index is 11.9. The van der Waals surface area contributed by atoms with Gasteiger partial charge in [-0.3, -0.25) is 4.79 Å². The van der Waals surface area contributed by atoms with Crippen LogP contribution < -0.4 is 10.6 Å². The number of hydrogen-bond acceptors (Lipinski definition) is 3. The molecule has 0 unspecified atom stereocenters. The zero-order chi connectivity index (χ0) is 16.0. The van der Waals surface area contributed by atoms with E-state index in [0.717, 1.165) is 0 Å². The summed E-state index contributed by atoms with van der Waals surface area (Å²) in [6.07, 6.45) is 0.177. The van der Waals surface area contributed by atoms with Gasteiger partial charge in [-0.2, -0.15) is 0 Å². The third-order valence-electron chi connectivity index (χ3n) is 2.70. The fraction of sp³-hybridized carbons (Fsp3) is 0.308. The summed E-state index contributed by atoms with van der Waals surface area (Å²) in [6, 6.07) is 3.57. The number of halogens is 1. The van der Waals surface area contributed by atoms with Crippen LogP contribution in [0.4, 0.5) is 10.5 Å². The van der Waals surface area contributed by atoms with Crippen molar-refractivity contribution in [2.24, 2.45) is 0 Å². The van der Waals surface area contributed by atoms with Gasteiger partial charge in [0.1, 0.15) is 0 Å². The predicted molar refractivity (Wildman–Crippen MR) is 78.7 cm³/mol. The molecule has 0 bridgehead atoms. The van der Waals surface area contributed by atoms with E-state index in [9.17, 15) is 14.4 Å². The van der Waals surface area contributed by atoms with Crippen LogP contribution in [0.2, 0.25) is 5.02 Å². The standard InChI is InChI=1S/C13H16ClN3O4/c1-15-11(18)3-4-17(2)13(21)16-10-6-8(12(19)20)5-9(14)7-10/h5-7H,3-4H2,1-2H3,(H,15,18)(H,16,21)(H,19,20). The quantitative estimate of drug-likeness (QED) is 0.769. The molecule has 0 radical (unpaired) electrons. The minimum atomic E-state index is -1.14. The molecule has 0 saturated heterocycles. The van der Waals surface area contributed by atoms with E-state index in [1.807, 2.05) is 0 Å². The predicted octanol–water partition coefficient (Wildman–Crippen LogP) is 1.64. The topological polar surface area (TPSA) is 98.7 Å². The van der Waals surface area contributed by atoms with Crippen LogP contribution in [0, 0.1) is 0 Å². The van der Waals surface area contributed by atoms with E-state index in [0.29, 0.717) is 0 Å². The second-order valence-electron chi connectivity index (χ2n) is 4.31. The van der Waals surface area contributed by atoms with Crippen molar-refractivity contribution in [1.82, 2.24) is 10.2 Å². The minimum absolute atomic E-state index is 0.0224. The number of amides is 3. The molecule has 0 saturated carbocycles. The van der Waals surface area contributed by atoms with Crippen molar-refractivity contribution in [2.75, 3.05) is 26.0 Å². The smallest absolute Gasteiger partial charge is 0.335 e. The normalized spacial score (nSPS) is 9.86. The van der Waals surface area contributed by atoms with E-state index in [-0.39, 0.29) is 35.1 Å². The number of rotatable bonds is 5. The lowest BCUT2D eigenvalue weighted by Gasteiger charge is -2.17. The molecule has 1 aromatic carbocycles. The van der Waals surface area contributed by atoms with Crippen molar-refractivity contribution >= 4 is 35.2 Å². The van der Waals surface area contributed by atoms with Crippen LogP contribution in [-0.4, -0.2) is 48.6 Å². The second-order valence-corrected chi connectivity index (χ2v) is 4.75. The molecular weight excluding hydrogens is 298 g/mol. The molecule has 114 valence electrons. The molecular formula is C13H16ClN3O4. The number of hydrogen-bond donors (Lipinski definition) is 3. The van der Waals surface area contributed by atoms with Crippen molar-refractivity contribution in [2.45, 2.75) is 6.42 Å². The maximum absolute atomic E-state index is 11.9. The lowest BCUT2D eigenvalue weighted by atomic mass is 10.2. The van der Waals surface area contributed by atoms with E-state index >= 15 is 0 Å². The number of carboxylic acid groups (broad SMARTS) is 1. The van der Waals surface area contributed by atoms with Crippen molar-refractivity contribution in [3.8, 4) is 0 Å². The number of nitrogens with one attached hydrogen (secondary N) is 2. The molecule has 3 N–H and O–H groups in total. The van der Waals surface area contributed by atoms with Crippen molar-refractivity contribution in [3.63, 3.8) is 0 Å². The largest absolute Gasteiger partial charge is 0.478 e. The molecule has 1 aromatic rings. The Balaban J connectivity index is 2.70. The van der Waals surface area contributed by atoms with Gasteiger partial charge in [0.15, 0.2) is 0 Å². The van der Waals surface area contributed by atoms with Gasteiger partial charge in [-0.1, -0.05) is 11.6 Å². The zero-order valence-electron chi connectivity index (χ0n) is 11.6. The van der Waals surface area contributed by atoms with Crippen LogP contribution in [0.15, 0.2) is 18.2 Å². The first-order valence-corrected chi connectivity index (χ1v) is 6.48. The van der Waals surface area contributed by atoms with Gasteiger partial charge >= 0.3 is 12.0 Å². The fourth-order valence-electron chi connectivity index (χ4n) is 1.50. The lowest BCUT2D eigenvalue weighted by Crippen LogP contribution is -2.34. The van der Waals surface area contributed by atoms with Gasteiger partial charge in [0.05, 0.1) is 5.56 Å². The second kappa shape index (κ2) is 7.49. The van der Waals surface area contributed by atoms with E-state index in [1.165, 1.54) is 37.2 Å². The number of urea groups is 1. The molecule has 0 fully saturated rings. The molecule has 3 amide bonds. The Morgan fingerprint density at radius 3 is 2.52 bits per heavy atom. The first-order chi connectivity index (χ1) is 9.83. The van der Waals surface area contributed by atoms with Crippen molar-refractivity contribution < 1.29 is 19.5 Å². The highest BCUT2D eigenvalue weighted by Gasteiger charge is 2.12. The molecule has 21 heavy (non-hydrogen) atoms. The summed E-state index contributed by atoms with van der Waals surface area (Å²) in [5.41, 5.74) is 0.252. The van der Waals surface area contributed by atoms with Crippen LogP contribution in [0.1, 0.15) is 16.8 Å². The monoisotopic (exact) mass is 313 g/mol. The Bertz CT molecular complexity index is 562. The first-order valence-electron chi connectivity index (χ1n) is 6.10. The summed E-state index contributed by atoms with van der Waals surface area (Å²) in [5.74, 6) is -1.31. The summed E-state index contributed by atoms with van der Waals surface area (Å²) in [6.45, 7) is 0.234. The highest BCUT2D eigenvalue weighted by atomic mass is 35.5. The summed E-state index contributed by atoms with van der Waals surface area (Å²) in [4.78, 5) is 35.2. The Morgan fingerprint density at radius 2 is 1.95 bits per heavy atom. The number of anilines is 1. The zero-order valence-corrected chi connectivity index (χ0v) is 12.4. The number of carboxylic acids is 1. The van der Waals surface area contributed by atoms with Gasteiger partial charge in [-0.05, 0) is 18.2 Å². The summed E-state index contributed by atoms with van der Waals surface area (Å²) < 4.78 is 0. The van der Waals surface area contributed by atoms with Crippen LogP contribution in [0.3, 0.4) is 0 Å². The third-order valence-corrected chi connectivity index (χ3v) is 2.91. The molecule has 0 aliphatic heterocycles. The summed E-state index contributed by atoms with van der Waals surface area (Å²) in [5, 5.41) is 14.1. The molecule has 0 aliphatic carbocycles. The average molecular weight is 314 g/mol. The summed E-state index contributed by atoms with van der Waals surface area (Å²) >= 11 is 5.80. The number of benzene rings is 1. The van der Waals surface area contributed by atoms with Gasteiger partial charge in [0.25, 0.3) is 0 Å². The SMILES string of the molecule is CNC(=O)CCN(C)C(=O)Nc1cc(Cl)cc(C(=O)O)c1. The number of carbonyl (C=O) groups is 3. The van der Waals surface area contributed by atoms with E-state index in [4.69, 9.17) is 16.7 Å². The van der Waals surface area contributed by atoms with Gasteiger partial charge < -0.3 is 20.6 Å². The molecule has 7 nitrogen and oxygen atoms in total. The Hall–Kier alpha value is -2.28. The van der Waals surface area contributed by atoms with Gasteiger partial charge in [-0.25, -0.2) is 9.59 Å². The molecule has 0 spiro atoms. The Morgan fingerprint density at radius 1 is 1.29 bits per heavy atom. The van der Waals surface area contributed by atoms with Crippen LogP contribution in [0.5, 0.6) is 0 Å². The van der Waals surface area contributed by atoms with E-state index in [2.05, 4.69) is 10.6 Å². The molecule has 8 heteroatoms. The molecule has 0 heterocycles. The molecule has 0 atom stereocenters. The molecule has 0 aromatic heterocycles. The van der Waals surface area contributed by atoms with Gasteiger partial charge in [-0.15, -0.1) is 0 Å². The highest BCUT2D eigenvalue weighted by Crippen LogP contribution is 2.19. The minimum Gasteiger partial charge on any atom is -0.478 e. The Labute approximate surface area is 126 Å². The number of nitrogens with zero attached hydrogens (tertiary/aromatic N) is 1. The first kappa shape index (κ1) is 16.8. The third kappa shape index (κ3) is 5.31. The van der Waals surface area contributed by atoms with Crippen LogP contribution in [0.25, 0.3) is 0 Å². The van der Waals surface area contributed by atoms with Crippen molar-refractivity contribution in [1.29, 1.82) is 0 Å². The summed E-state index contributed by atoms with van der Waals surface area (Å²) in [7, 11) is 3.04. The lowest BCUT2D eigenvalue weighted by molar-refractivity contribution is -0.120. The molecule has 1 rings (SSSR count). The van der Waals surface area contributed by atoms with E-state index in [1.54, 1.807) is 0 Å². The maximum Gasteiger partial charge on any atom is 0.335 e. The highest BCUT2D eigenvalue weighted by molar-refractivity contribution is 6.31. The number of aromatic carboxylic acids is 1.